The number of carbonyl (C=O) groups excluding carboxylic acids is 1. The SMILES string of the molecule is CC(=O)Nc1ccc(OCC(O)C(O)NC(C)C)cc1. The molecule has 20 heavy (non-hydrogen) atoms. The number of benzene rings is 1. The highest BCUT2D eigenvalue weighted by Gasteiger charge is 2.17. The number of amides is 1. The molecule has 2 unspecified atom stereocenters. The predicted octanol–water partition coefficient (Wildman–Crippen LogP) is 0.701. The Kier molecular flexibility index (Phi) is 6.44. The second-order valence-corrected chi connectivity index (χ2v) is 4.85. The van der Waals surface area contributed by atoms with Crippen LogP contribution in [0.1, 0.15) is 20.8 Å². The molecule has 1 amide bonds. The molecule has 4 N–H and O–H groups in total. The molecule has 6 heteroatoms. The van der Waals surface area contributed by atoms with Gasteiger partial charge in [0.1, 0.15) is 24.7 Å². The van der Waals surface area contributed by atoms with E-state index >= 15 is 0 Å². The van der Waals surface area contributed by atoms with Crippen LogP contribution in [0, 0.1) is 0 Å². The van der Waals surface area contributed by atoms with Gasteiger partial charge < -0.3 is 20.3 Å². The first-order chi connectivity index (χ1) is 9.38. The second-order valence-electron chi connectivity index (χ2n) is 4.85. The number of ether oxygens (including phenoxy) is 1. The second kappa shape index (κ2) is 7.84. The van der Waals surface area contributed by atoms with E-state index in [1.807, 2.05) is 13.8 Å². The normalized spacial score (nSPS) is 13.9. The fourth-order valence-electron chi connectivity index (χ4n) is 1.56. The number of anilines is 1. The molecule has 1 rings (SSSR count). The minimum Gasteiger partial charge on any atom is -0.491 e. The van der Waals surface area contributed by atoms with Crippen molar-refractivity contribution in [2.45, 2.75) is 39.1 Å². The average Bonchev–Trinajstić information content (AvgIpc) is 2.36. The highest BCUT2D eigenvalue weighted by Crippen LogP contribution is 2.16. The maximum atomic E-state index is 10.9. The Morgan fingerprint density at radius 2 is 1.85 bits per heavy atom. The number of rotatable bonds is 7. The Morgan fingerprint density at radius 1 is 1.25 bits per heavy atom. The van der Waals surface area contributed by atoms with Gasteiger partial charge in [-0.05, 0) is 38.1 Å². The van der Waals surface area contributed by atoms with E-state index < -0.39 is 12.3 Å². The summed E-state index contributed by atoms with van der Waals surface area (Å²) in [5.74, 6) is 0.409. The van der Waals surface area contributed by atoms with Crippen LogP contribution in [-0.2, 0) is 4.79 Å². The molecule has 112 valence electrons. The number of carbonyl (C=O) groups is 1. The van der Waals surface area contributed by atoms with Gasteiger partial charge in [0, 0.05) is 18.7 Å². The molecule has 1 aromatic carbocycles. The van der Waals surface area contributed by atoms with Gasteiger partial charge in [-0.25, -0.2) is 0 Å². The lowest BCUT2D eigenvalue weighted by atomic mass is 10.2. The van der Waals surface area contributed by atoms with Gasteiger partial charge in [0.25, 0.3) is 0 Å². The Balaban J connectivity index is 2.43. The topological polar surface area (TPSA) is 90.8 Å². The van der Waals surface area contributed by atoms with Crippen LogP contribution in [-0.4, -0.2) is 41.1 Å². The van der Waals surface area contributed by atoms with Gasteiger partial charge >= 0.3 is 0 Å². The summed E-state index contributed by atoms with van der Waals surface area (Å²) in [4.78, 5) is 10.9. The monoisotopic (exact) mass is 282 g/mol. The van der Waals surface area contributed by atoms with Crippen molar-refractivity contribution in [1.82, 2.24) is 5.32 Å². The maximum absolute atomic E-state index is 10.9. The van der Waals surface area contributed by atoms with Crippen molar-refractivity contribution in [3.8, 4) is 5.75 Å². The van der Waals surface area contributed by atoms with Crippen LogP contribution in [0.4, 0.5) is 5.69 Å². The Morgan fingerprint density at radius 3 is 2.35 bits per heavy atom. The Bertz CT molecular complexity index is 420. The first kappa shape index (κ1) is 16.4. The van der Waals surface area contributed by atoms with Crippen LogP contribution in [0.5, 0.6) is 5.75 Å². The van der Waals surface area contributed by atoms with Crippen LogP contribution in [0.3, 0.4) is 0 Å². The summed E-state index contributed by atoms with van der Waals surface area (Å²) in [5.41, 5.74) is 0.673. The summed E-state index contributed by atoms with van der Waals surface area (Å²) in [6, 6.07) is 6.83. The smallest absolute Gasteiger partial charge is 0.221 e. The van der Waals surface area contributed by atoms with E-state index in [-0.39, 0.29) is 18.6 Å². The summed E-state index contributed by atoms with van der Waals surface area (Å²) >= 11 is 0. The quantitative estimate of drug-likeness (QED) is 0.553. The van der Waals surface area contributed by atoms with E-state index in [0.717, 1.165) is 0 Å². The molecule has 0 saturated heterocycles. The van der Waals surface area contributed by atoms with Crippen molar-refractivity contribution in [1.29, 1.82) is 0 Å². The third-order valence-electron chi connectivity index (χ3n) is 2.46. The highest BCUT2D eigenvalue weighted by molar-refractivity contribution is 5.88. The van der Waals surface area contributed by atoms with E-state index in [4.69, 9.17) is 4.74 Å². The molecular formula is C14H22N2O4. The molecule has 6 nitrogen and oxygen atoms in total. The van der Waals surface area contributed by atoms with Crippen molar-refractivity contribution >= 4 is 11.6 Å². The summed E-state index contributed by atoms with van der Waals surface area (Å²) in [6.07, 6.45) is -2.05. The van der Waals surface area contributed by atoms with Crippen LogP contribution < -0.4 is 15.4 Å². The van der Waals surface area contributed by atoms with E-state index in [1.54, 1.807) is 24.3 Å². The zero-order valence-electron chi connectivity index (χ0n) is 12.0. The fraction of sp³-hybridized carbons (Fsp3) is 0.500. The summed E-state index contributed by atoms with van der Waals surface area (Å²) < 4.78 is 5.37. The number of hydrogen-bond donors (Lipinski definition) is 4. The first-order valence-electron chi connectivity index (χ1n) is 6.51. The van der Waals surface area contributed by atoms with Crippen molar-refractivity contribution in [3.05, 3.63) is 24.3 Å². The lowest BCUT2D eigenvalue weighted by Gasteiger charge is -2.21. The molecule has 1 aromatic rings. The van der Waals surface area contributed by atoms with Crippen LogP contribution in [0.2, 0.25) is 0 Å². The largest absolute Gasteiger partial charge is 0.491 e. The number of aliphatic hydroxyl groups is 2. The van der Waals surface area contributed by atoms with Crippen molar-refractivity contribution in [3.63, 3.8) is 0 Å². The molecule has 0 spiro atoms. The molecule has 0 fully saturated rings. The number of aliphatic hydroxyl groups excluding tert-OH is 2. The molecule has 0 aliphatic carbocycles. The molecule has 0 radical (unpaired) electrons. The average molecular weight is 282 g/mol. The van der Waals surface area contributed by atoms with E-state index in [9.17, 15) is 15.0 Å². The van der Waals surface area contributed by atoms with Crippen LogP contribution in [0.15, 0.2) is 24.3 Å². The van der Waals surface area contributed by atoms with Crippen molar-refractivity contribution < 1.29 is 19.7 Å². The van der Waals surface area contributed by atoms with E-state index in [0.29, 0.717) is 11.4 Å². The molecular weight excluding hydrogens is 260 g/mol. The molecule has 0 aromatic heterocycles. The lowest BCUT2D eigenvalue weighted by molar-refractivity contribution is -0.114. The van der Waals surface area contributed by atoms with Gasteiger partial charge in [-0.2, -0.15) is 0 Å². The summed E-state index contributed by atoms with van der Waals surface area (Å²) in [6.45, 7) is 5.15. The molecule has 2 atom stereocenters. The van der Waals surface area contributed by atoms with Gasteiger partial charge in [0.2, 0.25) is 5.91 Å². The first-order valence-corrected chi connectivity index (χ1v) is 6.51. The maximum Gasteiger partial charge on any atom is 0.221 e. The van der Waals surface area contributed by atoms with Gasteiger partial charge in [0.15, 0.2) is 0 Å². The summed E-state index contributed by atoms with van der Waals surface area (Å²) in [7, 11) is 0. The molecule has 0 saturated carbocycles. The Labute approximate surface area is 118 Å². The molecule has 0 aliphatic heterocycles. The number of hydrogen-bond acceptors (Lipinski definition) is 5. The van der Waals surface area contributed by atoms with Crippen molar-refractivity contribution in [2.24, 2.45) is 0 Å². The van der Waals surface area contributed by atoms with Gasteiger partial charge in [-0.3, -0.25) is 10.1 Å². The van der Waals surface area contributed by atoms with Crippen LogP contribution in [0.25, 0.3) is 0 Å². The fourth-order valence-corrected chi connectivity index (χ4v) is 1.56. The zero-order chi connectivity index (χ0) is 15.1. The molecule has 0 aliphatic rings. The third kappa shape index (κ3) is 6.01. The Hall–Kier alpha value is -1.63. The number of nitrogens with one attached hydrogen (secondary N) is 2. The van der Waals surface area contributed by atoms with E-state index in [1.165, 1.54) is 6.92 Å². The molecule has 0 bridgehead atoms. The minimum absolute atomic E-state index is 0.0274. The van der Waals surface area contributed by atoms with Gasteiger partial charge in [-0.1, -0.05) is 0 Å². The van der Waals surface area contributed by atoms with Gasteiger partial charge in [-0.15, -0.1) is 0 Å². The highest BCUT2D eigenvalue weighted by atomic mass is 16.5. The van der Waals surface area contributed by atoms with Crippen molar-refractivity contribution in [2.75, 3.05) is 11.9 Å². The standard InChI is InChI=1S/C14H22N2O4/c1-9(2)15-14(19)13(18)8-20-12-6-4-11(5-7-12)16-10(3)17/h4-7,9,13-15,18-19H,8H2,1-3H3,(H,16,17). The zero-order valence-corrected chi connectivity index (χ0v) is 12.0. The van der Waals surface area contributed by atoms with Crippen LogP contribution >= 0.6 is 0 Å². The van der Waals surface area contributed by atoms with E-state index in [2.05, 4.69) is 10.6 Å². The van der Waals surface area contributed by atoms with Gasteiger partial charge in [0.05, 0.1) is 0 Å². The molecule has 0 heterocycles. The minimum atomic E-state index is -1.03. The summed E-state index contributed by atoms with van der Waals surface area (Å²) in [5, 5.41) is 24.8. The third-order valence-corrected chi connectivity index (χ3v) is 2.46. The lowest BCUT2D eigenvalue weighted by Crippen LogP contribution is -2.45. The predicted molar refractivity (Wildman–Crippen MR) is 76.5 cm³/mol.